The van der Waals surface area contributed by atoms with E-state index < -0.39 is 42.1 Å². The molecule has 2 saturated carbocycles. The summed E-state index contributed by atoms with van der Waals surface area (Å²) in [5.41, 5.74) is 0.935. The number of ether oxygens (including phenoxy) is 6. The normalized spacial score (nSPS) is 36.3. The molecule has 6 rings (SSSR count). The average Bonchev–Trinajstić information content (AvgIpc) is 3.52. The van der Waals surface area contributed by atoms with E-state index in [0.717, 1.165) is 56.9 Å². The molecule has 5 aliphatic rings. The number of carbonyl (C=O) groups is 1. The molecule has 0 N–H and O–H groups in total. The molecule has 7 heteroatoms. The highest BCUT2D eigenvalue weighted by Crippen LogP contribution is 2.48. The summed E-state index contributed by atoms with van der Waals surface area (Å²) >= 11 is 0. The monoisotopic (exact) mass is 470 g/mol. The van der Waals surface area contributed by atoms with Crippen molar-refractivity contribution < 1.29 is 33.2 Å². The zero-order valence-electron chi connectivity index (χ0n) is 19.6. The van der Waals surface area contributed by atoms with Crippen molar-refractivity contribution in [3.63, 3.8) is 0 Å². The zero-order chi connectivity index (χ0) is 23.0. The quantitative estimate of drug-likeness (QED) is 0.474. The molecule has 2 spiro atoms. The van der Waals surface area contributed by atoms with Crippen LogP contribution in [0.25, 0.3) is 6.08 Å². The summed E-state index contributed by atoms with van der Waals surface area (Å²) in [5.74, 6) is -1.58. The fourth-order valence-electron chi connectivity index (χ4n) is 6.11. The molecular weight excluding hydrogens is 436 g/mol. The van der Waals surface area contributed by atoms with Gasteiger partial charge < -0.3 is 28.4 Å². The summed E-state index contributed by atoms with van der Waals surface area (Å²) in [5, 5.41) is 0. The average molecular weight is 471 g/mol. The summed E-state index contributed by atoms with van der Waals surface area (Å²) in [6.45, 7) is 0.420. The van der Waals surface area contributed by atoms with E-state index in [2.05, 4.69) is 0 Å². The van der Waals surface area contributed by atoms with E-state index in [1.807, 2.05) is 30.3 Å². The minimum Gasteiger partial charge on any atom is -0.453 e. The predicted molar refractivity (Wildman–Crippen MR) is 122 cm³/mol. The molecule has 184 valence electrons. The maximum atomic E-state index is 12.9. The molecule has 3 aliphatic heterocycles. The van der Waals surface area contributed by atoms with Gasteiger partial charge in [-0.2, -0.15) is 0 Å². The molecule has 0 amide bonds. The molecule has 0 radical (unpaired) electrons. The van der Waals surface area contributed by atoms with Crippen molar-refractivity contribution in [1.82, 2.24) is 0 Å². The van der Waals surface area contributed by atoms with Crippen molar-refractivity contribution in [2.24, 2.45) is 0 Å². The third-order valence-corrected chi connectivity index (χ3v) is 7.83. The number of fused-ring (bicyclic) bond motifs is 1. The first-order valence-electron chi connectivity index (χ1n) is 12.9. The number of hydrogen-bond donors (Lipinski definition) is 0. The first-order valence-corrected chi connectivity index (χ1v) is 12.9. The van der Waals surface area contributed by atoms with Crippen molar-refractivity contribution in [2.45, 2.75) is 106 Å². The summed E-state index contributed by atoms with van der Waals surface area (Å²) < 4.78 is 37.8. The van der Waals surface area contributed by atoms with Gasteiger partial charge in [0.05, 0.1) is 6.61 Å². The maximum absolute atomic E-state index is 12.9. The Labute approximate surface area is 200 Å². The van der Waals surface area contributed by atoms with Crippen molar-refractivity contribution in [1.29, 1.82) is 0 Å². The van der Waals surface area contributed by atoms with Gasteiger partial charge in [0, 0.05) is 31.8 Å². The molecule has 2 aliphatic carbocycles. The van der Waals surface area contributed by atoms with E-state index in [-0.39, 0.29) is 6.10 Å². The van der Waals surface area contributed by atoms with Gasteiger partial charge in [0.1, 0.15) is 12.2 Å². The number of carbonyl (C=O) groups excluding carboxylic acids is 1. The molecule has 1 aromatic carbocycles. The smallest absolute Gasteiger partial charge is 0.331 e. The standard InChI is InChI=1S/C27H34O7/c28-21(13-12-19-10-4-1-5-11-19)30-23-22(20-18-29-26(32-20)14-6-2-7-15-26)31-25-24(23)33-27(34-25)16-8-3-9-17-27/h1,4-5,10-13,20,22-25H,2-3,6-9,14-18H2. The second-order valence-electron chi connectivity index (χ2n) is 10.2. The van der Waals surface area contributed by atoms with Crippen molar-refractivity contribution in [3.05, 3.63) is 42.0 Å². The SMILES string of the molecule is O=C(C=Cc1ccccc1)OC1C(C2COC3(CCCCC3)O2)OC2OC3(CCCCC3)OC21. The largest absolute Gasteiger partial charge is 0.453 e. The molecule has 0 aromatic heterocycles. The molecule has 5 atom stereocenters. The Morgan fingerprint density at radius 1 is 0.853 bits per heavy atom. The van der Waals surface area contributed by atoms with Gasteiger partial charge in [-0.05, 0) is 37.3 Å². The summed E-state index contributed by atoms with van der Waals surface area (Å²) in [6.07, 6.45) is 10.9. The van der Waals surface area contributed by atoms with Crippen LogP contribution in [0, 0.1) is 0 Å². The predicted octanol–water partition coefficient (Wildman–Crippen LogP) is 4.49. The van der Waals surface area contributed by atoms with Gasteiger partial charge >= 0.3 is 5.97 Å². The summed E-state index contributed by atoms with van der Waals surface area (Å²) in [7, 11) is 0. The van der Waals surface area contributed by atoms with Gasteiger partial charge in [-0.15, -0.1) is 0 Å². The second kappa shape index (κ2) is 9.36. The van der Waals surface area contributed by atoms with Crippen molar-refractivity contribution >= 4 is 12.0 Å². The first-order chi connectivity index (χ1) is 16.6. The molecule has 0 bridgehead atoms. The van der Waals surface area contributed by atoms with E-state index in [9.17, 15) is 4.79 Å². The Balaban J connectivity index is 1.19. The van der Waals surface area contributed by atoms with E-state index in [4.69, 9.17) is 28.4 Å². The lowest BCUT2D eigenvalue weighted by molar-refractivity contribution is -0.261. The van der Waals surface area contributed by atoms with Gasteiger partial charge in [0.25, 0.3) is 0 Å². The Hall–Kier alpha value is -1.77. The van der Waals surface area contributed by atoms with Crippen LogP contribution >= 0.6 is 0 Å². The van der Waals surface area contributed by atoms with Crippen LogP contribution in [0.3, 0.4) is 0 Å². The van der Waals surface area contributed by atoms with Crippen molar-refractivity contribution in [3.8, 4) is 0 Å². The Kier molecular flexibility index (Phi) is 6.24. The Morgan fingerprint density at radius 2 is 1.56 bits per heavy atom. The molecule has 3 heterocycles. The van der Waals surface area contributed by atoms with Gasteiger partial charge in [-0.1, -0.05) is 43.2 Å². The van der Waals surface area contributed by atoms with Crippen LogP contribution in [0.2, 0.25) is 0 Å². The molecular formula is C27H34O7. The molecule has 34 heavy (non-hydrogen) atoms. The Morgan fingerprint density at radius 3 is 2.29 bits per heavy atom. The lowest BCUT2D eigenvalue weighted by atomic mass is 9.94. The van der Waals surface area contributed by atoms with Crippen LogP contribution in [0.5, 0.6) is 0 Å². The number of esters is 1. The molecule has 7 nitrogen and oxygen atoms in total. The summed E-state index contributed by atoms with van der Waals surface area (Å²) in [4.78, 5) is 12.9. The maximum Gasteiger partial charge on any atom is 0.331 e. The third kappa shape index (κ3) is 4.44. The lowest BCUT2D eigenvalue weighted by Gasteiger charge is -2.35. The van der Waals surface area contributed by atoms with Gasteiger partial charge in [0.15, 0.2) is 30.1 Å². The highest BCUT2D eigenvalue weighted by atomic mass is 16.9. The molecule has 3 saturated heterocycles. The van der Waals surface area contributed by atoms with Gasteiger partial charge in [-0.3, -0.25) is 0 Å². The second-order valence-corrected chi connectivity index (χ2v) is 10.2. The van der Waals surface area contributed by atoms with E-state index in [1.54, 1.807) is 6.08 Å². The molecule has 1 aromatic rings. The minimum atomic E-state index is -0.624. The van der Waals surface area contributed by atoms with E-state index >= 15 is 0 Å². The van der Waals surface area contributed by atoms with Crippen LogP contribution in [0.1, 0.15) is 69.8 Å². The topological polar surface area (TPSA) is 72.5 Å². The van der Waals surface area contributed by atoms with Crippen LogP contribution in [0.15, 0.2) is 36.4 Å². The fourth-order valence-corrected chi connectivity index (χ4v) is 6.11. The van der Waals surface area contributed by atoms with E-state index in [1.165, 1.54) is 18.9 Å². The fraction of sp³-hybridized carbons (Fsp3) is 0.667. The Bertz CT molecular complexity index is 887. The minimum absolute atomic E-state index is 0.325. The number of hydrogen-bond acceptors (Lipinski definition) is 7. The van der Waals surface area contributed by atoms with Crippen molar-refractivity contribution in [2.75, 3.05) is 6.61 Å². The number of benzene rings is 1. The third-order valence-electron chi connectivity index (χ3n) is 7.83. The molecule has 5 unspecified atom stereocenters. The van der Waals surface area contributed by atoms with Crippen LogP contribution in [-0.2, 0) is 33.2 Å². The zero-order valence-corrected chi connectivity index (χ0v) is 19.6. The van der Waals surface area contributed by atoms with E-state index in [0.29, 0.717) is 6.61 Å². The summed E-state index contributed by atoms with van der Waals surface area (Å²) in [6, 6.07) is 9.69. The highest BCUT2D eigenvalue weighted by molar-refractivity contribution is 5.87. The lowest BCUT2D eigenvalue weighted by Crippen LogP contribution is -2.46. The number of rotatable bonds is 4. The van der Waals surface area contributed by atoms with Gasteiger partial charge in [0.2, 0.25) is 0 Å². The van der Waals surface area contributed by atoms with Crippen LogP contribution < -0.4 is 0 Å². The first kappa shape index (κ1) is 22.7. The molecule has 5 fully saturated rings. The van der Waals surface area contributed by atoms with Crippen LogP contribution in [-0.4, -0.2) is 54.9 Å². The van der Waals surface area contributed by atoms with Crippen LogP contribution in [0.4, 0.5) is 0 Å². The highest BCUT2D eigenvalue weighted by Gasteiger charge is 2.62. The van der Waals surface area contributed by atoms with Gasteiger partial charge in [-0.25, -0.2) is 4.79 Å².